The van der Waals surface area contributed by atoms with Crippen LogP contribution < -0.4 is 10.5 Å². The Morgan fingerprint density at radius 1 is 1.18 bits per heavy atom. The maximum atomic E-state index is 11.1. The van der Waals surface area contributed by atoms with E-state index in [4.69, 9.17) is 15.6 Å². The fraction of sp³-hybridized carbons (Fsp3) is 0.278. The van der Waals surface area contributed by atoms with E-state index in [1.807, 2.05) is 48.5 Å². The van der Waals surface area contributed by atoms with Crippen molar-refractivity contribution in [3.8, 4) is 5.75 Å². The van der Waals surface area contributed by atoms with Crippen molar-refractivity contribution in [3.63, 3.8) is 0 Å². The van der Waals surface area contributed by atoms with Crippen molar-refractivity contribution in [2.24, 2.45) is 5.73 Å². The summed E-state index contributed by atoms with van der Waals surface area (Å²) in [5, 5.41) is 9.09. The molecule has 1 aliphatic heterocycles. The molecule has 0 aliphatic carbocycles. The Morgan fingerprint density at radius 3 is 2.64 bits per heavy atom. The van der Waals surface area contributed by atoms with Gasteiger partial charge in [-0.2, -0.15) is 0 Å². The molecule has 22 heavy (non-hydrogen) atoms. The lowest BCUT2D eigenvalue weighted by molar-refractivity contribution is -0.136. The number of hydrogen-bond acceptors (Lipinski definition) is 3. The summed E-state index contributed by atoms with van der Waals surface area (Å²) in [4.78, 5) is 11.1. The van der Waals surface area contributed by atoms with Crippen LogP contribution in [0.3, 0.4) is 0 Å². The lowest BCUT2D eigenvalue weighted by atomic mass is 9.86. The molecule has 2 aromatic rings. The largest absolute Gasteiger partial charge is 0.485 e. The Morgan fingerprint density at radius 2 is 1.95 bits per heavy atom. The average molecular weight is 297 g/mol. The highest BCUT2D eigenvalue weighted by atomic mass is 16.5. The maximum absolute atomic E-state index is 11.1. The molecule has 0 radical (unpaired) electrons. The first-order valence-electron chi connectivity index (χ1n) is 7.44. The van der Waals surface area contributed by atoms with Crippen LogP contribution in [0, 0.1) is 0 Å². The van der Waals surface area contributed by atoms with Crippen molar-refractivity contribution in [1.82, 2.24) is 0 Å². The van der Waals surface area contributed by atoms with Crippen LogP contribution in [0.5, 0.6) is 5.75 Å². The molecule has 0 bridgehead atoms. The molecule has 0 fully saturated rings. The first kappa shape index (κ1) is 14.6. The van der Waals surface area contributed by atoms with Gasteiger partial charge in [-0.05, 0) is 24.1 Å². The van der Waals surface area contributed by atoms with Gasteiger partial charge in [-0.15, -0.1) is 0 Å². The summed E-state index contributed by atoms with van der Waals surface area (Å²) in [6.45, 7) is 0.524. The van der Waals surface area contributed by atoms with E-state index < -0.39 is 5.97 Å². The summed E-state index contributed by atoms with van der Waals surface area (Å²) in [5.74, 6) is 0.0197. The zero-order chi connectivity index (χ0) is 15.5. The highest BCUT2D eigenvalue weighted by Gasteiger charge is 2.30. The maximum Gasteiger partial charge on any atom is 0.307 e. The minimum atomic E-state index is -0.858. The molecule has 0 saturated heterocycles. The molecule has 3 N–H and O–H groups in total. The molecule has 2 unspecified atom stereocenters. The molecule has 0 spiro atoms. The molecule has 4 heteroatoms. The molecule has 1 heterocycles. The number of hydrogen-bond donors (Lipinski definition) is 2. The highest BCUT2D eigenvalue weighted by molar-refractivity contribution is 5.72. The van der Waals surface area contributed by atoms with Crippen LogP contribution in [-0.4, -0.2) is 17.6 Å². The molecule has 1 aliphatic rings. The van der Waals surface area contributed by atoms with Crippen LogP contribution in [0.25, 0.3) is 0 Å². The number of carbonyl (C=O) groups is 1. The Hall–Kier alpha value is -2.33. The van der Waals surface area contributed by atoms with Crippen LogP contribution in [0.1, 0.15) is 35.1 Å². The zero-order valence-corrected chi connectivity index (χ0v) is 12.2. The van der Waals surface area contributed by atoms with Gasteiger partial charge in [-0.25, -0.2) is 0 Å². The van der Waals surface area contributed by atoms with E-state index in [2.05, 4.69) is 0 Å². The summed E-state index contributed by atoms with van der Waals surface area (Å²) in [7, 11) is 0. The summed E-state index contributed by atoms with van der Waals surface area (Å²) in [6, 6.07) is 15.7. The van der Waals surface area contributed by atoms with Gasteiger partial charge < -0.3 is 15.6 Å². The smallest absolute Gasteiger partial charge is 0.307 e. The fourth-order valence-electron chi connectivity index (χ4n) is 3.04. The number of aliphatic carboxylic acids is 1. The number of para-hydroxylation sites is 1. The number of ether oxygens (including phenoxy) is 1. The number of benzene rings is 2. The van der Waals surface area contributed by atoms with E-state index in [0.29, 0.717) is 17.9 Å². The van der Waals surface area contributed by atoms with Gasteiger partial charge in [0.2, 0.25) is 0 Å². The number of nitrogens with two attached hydrogens (primary N) is 1. The van der Waals surface area contributed by atoms with Gasteiger partial charge in [0.05, 0.1) is 6.42 Å². The molecule has 4 nitrogen and oxygen atoms in total. The zero-order valence-electron chi connectivity index (χ0n) is 12.2. The van der Waals surface area contributed by atoms with Gasteiger partial charge >= 0.3 is 5.97 Å². The first-order valence-corrected chi connectivity index (χ1v) is 7.44. The molecule has 2 aromatic carbocycles. The summed E-state index contributed by atoms with van der Waals surface area (Å²) >= 11 is 0. The van der Waals surface area contributed by atoms with Crippen molar-refractivity contribution < 1.29 is 14.6 Å². The number of carboxylic acids is 1. The van der Waals surface area contributed by atoms with Gasteiger partial charge in [0, 0.05) is 11.5 Å². The van der Waals surface area contributed by atoms with Crippen LogP contribution in [0.15, 0.2) is 48.5 Å². The van der Waals surface area contributed by atoms with Gasteiger partial charge in [0.15, 0.2) is 0 Å². The fourth-order valence-corrected chi connectivity index (χ4v) is 3.04. The second kappa shape index (κ2) is 6.20. The second-order valence-electron chi connectivity index (χ2n) is 5.59. The predicted octanol–water partition coefficient (Wildman–Crippen LogP) is 2.88. The number of rotatable bonds is 4. The summed E-state index contributed by atoms with van der Waals surface area (Å²) in [5.41, 5.74) is 8.77. The van der Waals surface area contributed by atoms with Gasteiger partial charge in [0.25, 0.3) is 0 Å². The van der Waals surface area contributed by atoms with E-state index in [1.165, 1.54) is 0 Å². The lowest BCUT2D eigenvalue weighted by Gasteiger charge is -2.33. The molecular weight excluding hydrogens is 278 g/mol. The molecule has 0 amide bonds. The lowest BCUT2D eigenvalue weighted by Crippen LogP contribution is -2.25. The number of fused-ring (bicyclic) bond motifs is 1. The normalized spacial score (nSPS) is 20.0. The highest BCUT2D eigenvalue weighted by Crippen LogP contribution is 2.43. The Labute approximate surface area is 129 Å². The van der Waals surface area contributed by atoms with Crippen LogP contribution in [0.4, 0.5) is 0 Å². The van der Waals surface area contributed by atoms with Crippen LogP contribution in [-0.2, 0) is 11.2 Å². The summed E-state index contributed by atoms with van der Waals surface area (Å²) in [6.07, 6.45) is 0.684. The SMILES string of the molecule is NCC1CC(c2ccccc2)Oc2c(CC(=O)O)cccc21. The molecule has 114 valence electrons. The number of carboxylic acid groups (broad SMARTS) is 1. The minimum absolute atomic E-state index is 0.0397. The van der Waals surface area contributed by atoms with Crippen molar-refractivity contribution in [2.45, 2.75) is 24.9 Å². The summed E-state index contributed by atoms with van der Waals surface area (Å²) < 4.78 is 6.16. The van der Waals surface area contributed by atoms with E-state index >= 15 is 0 Å². The third-order valence-electron chi connectivity index (χ3n) is 4.12. The molecular formula is C18H19NO3. The molecule has 2 atom stereocenters. The third-order valence-corrected chi connectivity index (χ3v) is 4.12. The standard InChI is InChI=1S/C18H19NO3/c19-11-14-9-16(12-5-2-1-3-6-12)22-18-13(10-17(20)21)7-4-8-15(14)18/h1-8,14,16H,9-11,19H2,(H,20,21). The van der Waals surface area contributed by atoms with Gasteiger partial charge in [-0.1, -0.05) is 48.5 Å². The van der Waals surface area contributed by atoms with Crippen molar-refractivity contribution in [1.29, 1.82) is 0 Å². The average Bonchev–Trinajstić information content (AvgIpc) is 2.54. The Bertz CT molecular complexity index is 669. The van der Waals surface area contributed by atoms with E-state index in [0.717, 1.165) is 17.5 Å². The molecule has 3 rings (SSSR count). The van der Waals surface area contributed by atoms with E-state index in [-0.39, 0.29) is 18.4 Å². The van der Waals surface area contributed by atoms with Crippen molar-refractivity contribution in [3.05, 3.63) is 65.2 Å². The topological polar surface area (TPSA) is 72.5 Å². The van der Waals surface area contributed by atoms with Crippen molar-refractivity contribution >= 4 is 5.97 Å². The van der Waals surface area contributed by atoms with Crippen LogP contribution in [0.2, 0.25) is 0 Å². The van der Waals surface area contributed by atoms with E-state index in [1.54, 1.807) is 0 Å². The molecule has 0 aromatic heterocycles. The quantitative estimate of drug-likeness (QED) is 0.910. The minimum Gasteiger partial charge on any atom is -0.485 e. The van der Waals surface area contributed by atoms with Crippen LogP contribution >= 0.6 is 0 Å². The van der Waals surface area contributed by atoms with E-state index in [9.17, 15) is 4.79 Å². The molecule has 0 saturated carbocycles. The van der Waals surface area contributed by atoms with Gasteiger partial charge in [-0.3, -0.25) is 4.79 Å². The van der Waals surface area contributed by atoms with Crippen molar-refractivity contribution in [2.75, 3.05) is 6.54 Å². The first-order chi connectivity index (χ1) is 10.7. The Balaban J connectivity index is 2.00. The van der Waals surface area contributed by atoms with Gasteiger partial charge in [0.1, 0.15) is 11.9 Å². The second-order valence-corrected chi connectivity index (χ2v) is 5.59. The Kier molecular flexibility index (Phi) is 4.11. The third kappa shape index (κ3) is 2.83. The predicted molar refractivity (Wildman–Crippen MR) is 84.0 cm³/mol. The monoisotopic (exact) mass is 297 g/mol.